The Kier molecular flexibility index (Phi) is 3.99. The van der Waals surface area contributed by atoms with E-state index in [4.69, 9.17) is 5.73 Å². The van der Waals surface area contributed by atoms with Crippen LogP contribution in [-0.2, 0) is 9.59 Å². The minimum Gasteiger partial charge on any atom is -0.368 e. The highest BCUT2D eigenvalue weighted by atomic mass is 16.2. The maximum Gasteiger partial charge on any atom is 0.237 e. The lowest BCUT2D eigenvalue weighted by Gasteiger charge is -2.34. The molecule has 17 heavy (non-hydrogen) atoms. The first-order valence-electron chi connectivity index (χ1n) is 6.45. The van der Waals surface area contributed by atoms with Gasteiger partial charge in [-0.25, -0.2) is 0 Å². The number of nitrogens with one attached hydrogen (secondary N) is 1. The van der Waals surface area contributed by atoms with Gasteiger partial charge < -0.3 is 16.0 Å². The molecule has 2 rings (SSSR count). The zero-order valence-corrected chi connectivity index (χ0v) is 10.2. The molecular formula is C12H21N3O2. The molecule has 0 bridgehead atoms. The van der Waals surface area contributed by atoms with E-state index in [1.807, 2.05) is 0 Å². The first kappa shape index (κ1) is 12.4. The average Bonchev–Trinajstić information content (AvgIpc) is 3.10. The molecule has 0 radical (unpaired) electrons. The summed E-state index contributed by atoms with van der Waals surface area (Å²) < 4.78 is 0. The molecule has 0 aromatic rings. The molecule has 1 heterocycles. The Morgan fingerprint density at radius 2 is 1.82 bits per heavy atom. The Morgan fingerprint density at radius 1 is 1.18 bits per heavy atom. The molecule has 5 nitrogen and oxygen atoms in total. The summed E-state index contributed by atoms with van der Waals surface area (Å²) in [4.78, 5) is 24.9. The quantitative estimate of drug-likeness (QED) is 0.700. The summed E-state index contributed by atoms with van der Waals surface area (Å²) in [6.45, 7) is 1.91. The van der Waals surface area contributed by atoms with E-state index in [1.165, 1.54) is 0 Å². The second-order valence-corrected chi connectivity index (χ2v) is 5.12. The first-order chi connectivity index (χ1) is 8.16. The van der Waals surface area contributed by atoms with Crippen LogP contribution in [0.2, 0.25) is 0 Å². The van der Waals surface area contributed by atoms with Crippen molar-refractivity contribution in [3.05, 3.63) is 0 Å². The van der Waals surface area contributed by atoms with Gasteiger partial charge in [0.15, 0.2) is 0 Å². The van der Waals surface area contributed by atoms with Gasteiger partial charge in [-0.05, 0) is 44.7 Å². The number of hydrogen-bond donors (Lipinski definition) is 2. The molecule has 96 valence electrons. The number of nitrogens with zero attached hydrogens (tertiary/aromatic N) is 1. The van der Waals surface area contributed by atoms with Crippen molar-refractivity contribution >= 4 is 11.8 Å². The molecule has 5 heteroatoms. The fraction of sp³-hybridized carbons (Fsp3) is 0.833. The van der Waals surface area contributed by atoms with Gasteiger partial charge in [0.1, 0.15) is 0 Å². The molecule has 0 spiro atoms. The summed E-state index contributed by atoms with van der Waals surface area (Å²) in [5, 5.41) is 3.26. The molecule has 2 fully saturated rings. The number of carbonyl (C=O) groups excluding carboxylic acids is 2. The van der Waals surface area contributed by atoms with Crippen molar-refractivity contribution in [1.29, 1.82) is 0 Å². The number of rotatable bonds is 5. The standard InChI is InChI=1S/C12H21N3O2/c13-11(16)8-15(10-3-5-14-6-4-10)12(17)7-9-1-2-9/h9-10,14H,1-8H2,(H2,13,16). The molecule has 0 aromatic carbocycles. The van der Waals surface area contributed by atoms with Gasteiger partial charge in [-0.2, -0.15) is 0 Å². The fourth-order valence-electron chi connectivity index (χ4n) is 2.39. The number of primary amides is 1. The van der Waals surface area contributed by atoms with E-state index in [1.54, 1.807) is 4.90 Å². The molecule has 0 aromatic heterocycles. The summed E-state index contributed by atoms with van der Waals surface area (Å²) in [6, 6.07) is 0.190. The average molecular weight is 239 g/mol. The molecule has 0 atom stereocenters. The number of hydrogen-bond acceptors (Lipinski definition) is 3. The minimum atomic E-state index is -0.410. The number of carbonyl (C=O) groups is 2. The normalized spacial score (nSPS) is 21.2. The van der Waals surface area contributed by atoms with E-state index in [0.29, 0.717) is 12.3 Å². The van der Waals surface area contributed by atoms with E-state index < -0.39 is 5.91 Å². The number of amides is 2. The molecular weight excluding hydrogens is 218 g/mol. The molecule has 1 saturated carbocycles. The van der Waals surface area contributed by atoms with Gasteiger partial charge in [-0.1, -0.05) is 0 Å². The van der Waals surface area contributed by atoms with Crippen molar-refractivity contribution in [3.63, 3.8) is 0 Å². The lowest BCUT2D eigenvalue weighted by molar-refractivity contribution is -0.138. The van der Waals surface area contributed by atoms with Gasteiger partial charge in [0, 0.05) is 12.5 Å². The highest BCUT2D eigenvalue weighted by Gasteiger charge is 2.31. The van der Waals surface area contributed by atoms with Crippen LogP contribution in [0.1, 0.15) is 32.1 Å². The SMILES string of the molecule is NC(=O)CN(C(=O)CC1CC1)C1CCNCC1. The zero-order chi connectivity index (χ0) is 12.3. The first-order valence-corrected chi connectivity index (χ1v) is 6.45. The highest BCUT2D eigenvalue weighted by Crippen LogP contribution is 2.33. The van der Waals surface area contributed by atoms with Crippen molar-refractivity contribution < 1.29 is 9.59 Å². The maximum absolute atomic E-state index is 12.1. The zero-order valence-electron chi connectivity index (χ0n) is 10.2. The highest BCUT2D eigenvalue weighted by molar-refractivity contribution is 5.84. The van der Waals surface area contributed by atoms with E-state index in [0.717, 1.165) is 38.8 Å². The maximum atomic E-state index is 12.1. The number of nitrogens with two attached hydrogens (primary N) is 1. The van der Waals surface area contributed by atoms with Crippen LogP contribution in [0.3, 0.4) is 0 Å². The molecule has 1 aliphatic heterocycles. The van der Waals surface area contributed by atoms with Crippen molar-refractivity contribution in [2.75, 3.05) is 19.6 Å². The van der Waals surface area contributed by atoms with Crippen LogP contribution in [-0.4, -0.2) is 42.4 Å². The van der Waals surface area contributed by atoms with E-state index in [2.05, 4.69) is 5.32 Å². The van der Waals surface area contributed by atoms with Crippen molar-refractivity contribution in [2.24, 2.45) is 11.7 Å². The Hall–Kier alpha value is -1.10. The Bertz CT molecular complexity index is 296. The summed E-state index contributed by atoms with van der Waals surface area (Å²) in [5.74, 6) is 0.255. The third-order valence-electron chi connectivity index (χ3n) is 3.56. The van der Waals surface area contributed by atoms with Crippen molar-refractivity contribution in [2.45, 2.75) is 38.1 Å². The lowest BCUT2D eigenvalue weighted by atomic mass is 10.0. The van der Waals surface area contributed by atoms with Crippen molar-refractivity contribution in [1.82, 2.24) is 10.2 Å². The monoisotopic (exact) mass is 239 g/mol. The molecule has 2 amide bonds. The van der Waals surface area contributed by atoms with E-state index >= 15 is 0 Å². The Labute approximate surface area is 102 Å². The topological polar surface area (TPSA) is 75.4 Å². The van der Waals surface area contributed by atoms with Crippen LogP contribution >= 0.6 is 0 Å². The molecule has 2 aliphatic rings. The van der Waals surface area contributed by atoms with Crippen LogP contribution in [0.25, 0.3) is 0 Å². The third kappa shape index (κ3) is 3.70. The van der Waals surface area contributed by atoms with Gasteiger partial charge in [0.05, 0.1) is 6.54 Å². The van der Waals surface area contributed by atoms with Gasteiger partial charge in [-0.3, -0.25) is 9.59 Å². The predicted octanol–water partition coefficient (Wildman–Crippen LogP) is -0.148. The second-order valence-electron chi connectivity index (χ2n) is 5.12. The summed E-state index contributed by atoms with van der Waals surface area (Å²) in [5.41, 5.74) is 5.24. The largest absolute Gasteiger partial charge is 0.368 e. The molecule has 1 aliphatic carbocycles. The fourth-order valence-corrected chi connectivity index (χ4v) is 2.39. The molecule has 3 N–H and O–H groups in total. The summed E-state index contributed by atoms with van der Waals surface area (Å²) >= 11 is 0. The molecule has 0 unspecified atom stereocenters. The van der Waals surface area contributed by atoms with Crippen LogP contribution in [0.15, 0.2) is 0 Å². The predicted molar refractivity (Wildman–Crippen MR) is 64.1 cm³/mol. The van der Waals surface area contributed by atoms with E-state index in [9.17, 15) is 9.59 Å². The van der Waals surface area contributed by atoms with Crippen LogP contribution in [0.4, 0.5) is 0 Å². The van der Waals surface area contributed by atoms with Gasteiger partial charge in [0.2, 0.25) is 11.8 Å². The van der Waals surface area contributed by atoms with E-state index in [-0.39, 0.29) is 18.5 Å². The van der Waals surface area contributed by atoms with Gasteiger partial charge >= 0.3 is 0 Å². The Morgan fingerprint density at radius 3 is 2.35 bits per heavy atom. The smallest absolute Gasteiger partial charge is 0.237 e. The summed E-state index contributed by atoms with van der Waals surface area (Å²) in [7, 11) is 0. The molecule has 1 saturated heterocycles. The lowest BCUT2D eigenvalue weighted by Crippen LogP contribution is -2.49. The van der Waals surface area contributed by atoms with Crippen LogP contribution < -0.4 is 11.1 Å². The summed E-state index contributed by atoms with van der Waals surface area (Å²) in [6.07, 6.45) is 4.75. The van der Waals surface area contributed by atoms with Crippen LogP contribution in [0.5, 0.6) is 0 Å². The number of piperidine rings is 1. The minimum absolute atomic E-state index is 0.0796. The Balaban J connectivity index is 1.94. The van der Waals surface area contributed by atoms with Crippen molar-refractivity contribution in [3.8, 4) is 0 Å². The van der Waals surface area contributed by atoms with Gasteiger partial charge in [-0.15, -0.1) is 0 Å². The third-order valence-corrected chi connectivity index (χ3v) is 3.56. The second kappa shape index (κ2) is 5.49. The van der Waals surface area contributed by atoms with Gasteiger partial charge in [0.25, 0.3) is 0 Å². The van der Waals surface area contributed by atoms with Crippen LogP contribution in [0, 0.1) is 5.92 Å².